The summed E-state index contributed by atoms with van der Waals surface area (Å²) in [5.41, 5.74) is -0.332. The minimum Gasteiger partial charge on any atom is -0.456 e. The average Bonchev–Trinajstić information content (AvgIpc) is 3.39. The highest BCUT2D eigenvalue weighted by molar-refractivity contribution is 5.96. The number of aromatic amines is 1. The number of imidazole rings is 1. The van der Waals surface area contributed by atoms with Crippen LogP contribution >= 0.6 is 0 Å². The molecule has 1 aliphatic heterocycles. The first-order valence-electron chi connectivity index (χ1n) is 10.4. The highest BCUT2D eigenvalue weighted by Gasteiger charge is 2.19. The van der Waals surface area contributed by atoms with Gasteiger partial charge in [-0.25, -0.2) is 9.78 Å². The molecular formula is C21H23N5O7. The lowest BCUT2D eigenvalue weighted by atomic mass is 10.2. The van der Waals surface area contributed by atoms with Crippen molar-refractivity contribution in [3.8, 4) is 11.5 Å². The van der Waals surface area contributed by atoms with E-state index in [0.29, 0.717) is 29.4 Å². The highest BCUT2D eigenvalue weighted by atomic mass is 16.7. The molecule has 0 atom stereocenters. The van der Waals surface area contributed by atoms with E-state index in [9.17, 15) is 19.2 Å². The summed E-state index contributed by atoms with van der Waals surface area (Å²) in [6.07, 6.45) is 1.60. The van der Waals surface area contributed by atoms with Gasteiger partial charge < -0.3 is 24.1 Å². The molecule has 0 spiro atoms. The summed E-state index contributed by atoms with van der Waals surface area (Å²) in [5.74, 6) is 0.140. The summed E-state index contributed by atoms with van der Waals surface area (Å²) in [6.45, 7) is 1.90. The van der Waals surface area contributed by atoms with Gasteiger partial charge in [0.25, 0.3) is 11.5 Å². The van der Waals surface area contributed by atoms with Crippen molar-refractivity contribution in [2.24, 2.45) is 7.05 Å². The fraction of sp³-hybridized carbons (Fsp3) is 0.381. The van der Waals surface area contributed by atoms with Crippen molar-refractivity contribution in [3.63, 3.8) is 0 Å². The number of aryl methyl sites for hydroxylation is 2. The van der Waals surface area contributed by atoms with Crippen LogP contribution in [0.1, 0.15) is 35.9 Å². The van der Waals surface area contributed by atoms with Gasteiger partial charge in [-0.15, -0.1) is 0 Å². The van der Waals surface area contributed by atoms with Gasteiger partial charge in [0.15, 0.2) is 22.7 Å². The first-order valence-corrected chi connectivity index (χ1v) is 10.4. The van der Waals surface area contributed by atoms with Crippen LogP contribution in [0.4, 0.5) is 0 Å². The zero-order valence-corrected chi connectivity index (χ0v) is 18.2. The van der Waals surface area contributed by atoms with Crippen LogP contribution in [-0.4, -0.2) is 44.3 Å². The fourth-order valence-electron chi connectivity index (χ4n) is 3.43. The van der Waals surface area contributed by atoms with Crippen molar-refractivity contribution in [3.05, 3.63) is 50.4 Å². The van der Waals surface area contributed by atoms with E-state index in [4.69, 9.17) is 14.2 Å². The number of carbonyl (C=O) groups is 2. The van der Waals surface area contributed by atoms with Crippen LogP contribution in [0.5, 0.6) is 11.5 Å². The lowest BCUT2D eigenvalue weighted by molar-refractivity contribution is -0.143. The molecule has 3 aromatic rings. The Bertz CT molecular complexity index is 1340. The molecule has 33 heavy (non-hydrogen) atoms. The van der Waals surface area contributed by atoms with Crippen LogP contribution in [0, 0.1) is 0 Å². The summed E-state index contributed by atoms with van der Waals surface area (Å²) >= 11 is 0. The number of H-pyrrole nitrogens is 1. The molecule has 0 unspecified atom stereocenters. The van der Waals surface area contributed by atoms with Gasteiger partial charge in [0, 0.05) is 19.2 Å². The fourth-order valence-corrected chi connectivity index (χ4v) is 3.43. The third-order valence-electron chi connectivity index (χ3n) is 5.23. The number of rotatable bonds is 8. The van der Waals surface area contributed by atoms with E-state index in [1.807, 2.05) is 6.92 Å². The third kappa shape index (κ3) is 4.45. The number of carbonyl (C=O) groups excluding carboxylic acids is 2. The van der Waals surface area contributed by atoms with Crippen molar-refractivity contribution in [1.82, 2.24) is 24.4 Å². The number of benzene rings is 1. The Morgan fingerprint density at radius 2 is 2.03 bits per heavy atom. The van der Waals surface area contributed by atoms with Gasteiger partial charge in [0.1, 0.15) is 19.0 Å². The quantitative estimate of drug-likeness (QED) is 0.463. The largest absolute Gasteiger partial charge is 0.456 e. The van der Waals surface area contributed by atoms with E-state index >= 15 is 0 Å². The second-order valence-corrected chi connectivity index (χ2v) is 7.44. The van der Waals surface area contributed by atoms with Crippen LogP contribution < -0.4 is 26.0 Å². The second-order valence-electron chi connectivity index (χ2n) is 7.44. The molecular weight excluding hydrogens is 434 g/mol. The number of hydrogen-bond donors (Lipinski definition) is 2. The number of fused-ring (bicyclic) bond motifs is 2. The molecule has 174 valence electrons. The molecule has 3 heterocycles. The minimum atomic E-state index is -0.687. The molecule has 1 amide bonds. The van der Waals surface area contributed by atoms with E-state index < -0.39 is 23.1 Å². The molecule has 1 aliphatic rings. The van der Waals surface area contributed by atoms with Gasteiger partial charge in [-0.2, -0.15) is 0 Å². The van der Waals surface area contributed by atoms with Gasteiger partial charge in [-0.3, -0.25) is 23.9 Å². The van der Waals surface area contributed by atoms with Gasteiger partial charge in [0.2, 0.25) is 6.79 Å². The van der Waals surface area contributed by atoms with Crippen LogP contribution in [0.25, 0.3) is 11.2 Å². The molecule has 2 aromatic heterocycles. The molecule has 2 N–H and O–H groups in total. The number of ether oxygens (including phenoxy) is 3. The van der Waals surface area contributed by atoms with E-state index in [1.165, 1.54) is 15.2 Å². The van der Waals surface area contributed by atoms with Crippen molar-refractivity contribution in [2.45, 2.75) is 32.9 Å². The number of unbranched alkanes of at least 4 members (excludes halogenated alkanes) is 1. The lowest BCUT2D eigenvalue weighted by Crippen LogP contribution is -2.31. The Balaban J connectivity index is 1.41. The molecule has 0 radical (unpaired) electrons. The van der Waals surface area contributed by atoms with Crippen LogP contribution in [0.15, 0.2) is 27.8 Å². The van der Waals surface area contributed by atoms with E-state index in [2.05, 4.69) is 15.3 Å². The summed E-state index contributed by atoms with van der Waals surface area (Å²) < 4.78 is 18.5. The zero-order chi connectivity index (χ0) is 23.5. The number of nitrogens with zero attached hydrogens (tertiary/aromatic N) is 3. The number of amides is 1. The first-order chi connectivity index (χ1) is 15.9. The Kier molecular flexibility index (Phi) is 6.16. The monoisotopic (exact) mass is 457 g/mol. The molecule has 12 heteroatoms. The lowest BCUT2D eigenvalue weighted by Gasteiger charge is -2.07. The Hall–Kier alpha value is -4.09. The van der Waals surface area contributed by atoms with Crippen molar-refractivity contribution < 1.29 is 23.8 Å². The van der Waals surface area contributed by atoms with Gasteiger partial charge in [0.05, 0.1) is 0 Å². The highest BCUT2D eigenvalue weighted by Crippen LogP contribution is 2.32. The topological polar surface area (TPSA) is 147 Å². The first kappa shape index (κ1) is 22.1. The number of nitrogens with one attached hydrogen (secondary N) is 2. The average molecular weight is 457 g/mol. The van der Waals surface area contributed by atoms with E-state index in [-0.39, 0.29) is 31.1 Å². The maximum atomic E-state index is 12.3. The van der Waals surface area contributed by atoms with Crippen LogP contribution in [-0.2, 0) is 29.7 Å². The van der Waals surface area contributed by atoms with Gasteiger partial charge in [-0.05, 0) is 24.6 Å². The molecule has 0 saturated carbocycles. The summed E-state index contributed by atoms with van der Waals surface area (Å²) in [5, 5.41) is 2.48. The summed E-state index contributed by atoms with van der Waals surface area (Å²) in [4.78, 5) is 55.6. The SMILES string of the molecule is CCCCn1c(=O)[nH]c(=O)c2c1nc(COC(=O)CNC(=O)c1ccc3c(c1)OCO3)n2C. The smallest absolute Gasteiger partial charge is 0.330 e. The van der Waals surface area contributed by atoms with Crippen molar-refractivity contribution >= 4 is 23.0 Å². The number of aromatic nitrogens is 4. The molecule has 0 bridgehead atoms. The normalized spacial score (nSPS) is 12.2. The van der Waals surface area contributed by atoms with E-state index in [1.54, 1.807) is 19.2 Å². The second kappa shape index (κ2) is 9.18. The molecule has 0 fully saturated rings. The molecule has 0 saturated heterocycles. The Morgan fingerprint density at radius 3 is 2.82 bits per heavy atom. The van der Waals surface area contributed by atoms with Crippen LogP contribution in [0.3, 0.4) is 0 Å². The van der Waals surface area contributed by atoms with Crippen LogP contribution in [0.2, 0.25) is 0 Å². The molecule has 12 nitrogen and oxygen atoms in total. The maximum absolute atomic E-state index is 12.3. The third-order valence-corrected chi connectivity index (χ3v) is 5.23. The van der Waals surface area contributed by atoms with Crippen molar-refractivity contribution in [1.29, 1.82) is 0 Å². The molecule has 4 rings (SSSR count). The maximum Gasteiger partial charge on any atom is 0.330 e. The zero-order valence-electron chi connectivity index (χ0n) is 18.2. The Labute approximate surface area is 187 Å². The predicted octanol–water partition coefficient (Wildman–Crippen LogP) is 0.425. The number of hydrogen-bond acceptors (Lipinski definition) is 8. The van der Waals surface area contributed by atoms with E-state index in [0.717, 1.165) is 12.8 Å². The molecule has 1 aromatic carbocycles. The van der Waals surface area contributed by atoms with Gasteiger partial charge >= 0.3 is 11.7 Å². The minimum absolute atomic E-state index is 0.0928. The Morgan fingerprint density at radius 1 is 1.24 bits per heavy atom. The van der Waals surface area contributed by atoms with Gasteiger partial charge in [-0.1, -0.05) is 13.3 Å². The standard InChI is InChI=1S/C21H23N5O7/c1-3-4-7-26-18-17(20(29)24-21(26)30)25(2)15(23-18)10-31-16(27)9-22-19(28)12-5-6-13-14(8-12)33-11-32-13/h5-6,8H,3-4,7,9-11H2,1-2H3,(H,22,28)(H,24,29,30). The summed E-state index contributed by atoms with van der Waals surface area (Å²) in [6, 6.07) is 4.70. The molecule has 0 aliphatic carbocycles. The number of esters is 1. The summed E-state index contributed by atoms with van der Waals surface area (Å²) in [7, 11) is 1.60. The predicted molar refractivity (Wildman–Crippen MR) is 115 cm³/mol. The van der Waals surface area contributed by atoms with Crippen molar-refractivity contribution in [2.75, 3.05) is 13.3 Å².